The van der Waals surface area contributed by atoms with E-state index in [-0.39, 0.29) is 27.7 Å². The Hall–Kier alpha value is 1.14. The van der Waals surface area contributed by atoms with Gasteiger partial charge in [0.05, 0.1) is 0 Å². The molecule has 0 heterocycles. The molecule has 0 atom stereocenters. The maximum absolute atomic E-state index is 9.65. The number of halogens is 1. The zero-order chi connectivity index (χ0) is 5.21. The van der Waals surface area contributed by atoms with Crippen molar-refractivity contribution in [2.75, 3.05) is 5.21 Å². The molecule has 0 spiro atoms. The molecular weight excluding hydrogens is 326 g/mol. The van der Waals surface area contributed by atoms with E-state index in [0.29, 0.717) is 0 Å². The van der Waals surface area contributed by atoms with Crippen molar-refractivity contribution < 1.29 is 36.1 Å². The van der Waals surface area contributed by atoms with Crippen molar-refractivity contribution in [2.45, 2.75) is 0 Å². The van der Waals surface area contributed by atoms with Crippen LogP contribution in [0.15, 0.2) is 0 Å². The van der Waals surface area contributed by atoms with Crippen molar-refractivity contribution in [3.63, 3.8) is 0 Å². The molecule has 2 N–H and O–H groups in total. The van der Waals surface area contributed by atoms with Crippen molar-refractivity contribution in [1.82, 2.24) is 0 Å². The quantitative estimate of drug-likeness (QED) is 0.519. The van der Waals surface area contributed by atoms with E-state index in [0.717, 1.165) is 0 Å². The Morgan fingerprint density at radius 3 is 1.71 bits per heavy atom. The first-order valence-corrected chi connectivity index (χ1v) is 3.37. The minimum atomic E-state index is -3.40. The molecule has 40 valence electrons. The second kappa shape index (κ2) is 4.06. The normalized spacial score (nSPS) is 10.0. The van der Waals surface area contributed by atoms with E-state index in [1.165, 1.54) is 0 Å². The third kappa shape index (κ3) is 11.0. The molecule has 0 amide bonds. The summed E-state index contributed by atoms with van der Waals surface area (Å²) in [6.07, 6.45) is 0. The number of nitrogens with two attached hydrogens (primary N) is 1. The van der Waals surface area contributed by atoms with Gasteiger partial charge >= 0.3 is 0 Å². The number of rotatable bonds is 1. The van der Waals surface area contributed by atoms with Gasteiger partial charge in [0.1, 0.15) is 5.21 Å². The van der Waals surface area contributed by atoms with Gasteiger partial charge in [-0.15, -0.1) is 11.6 Å². The molecule has 0 radical (unpaired) electrons. The first kappa shape index (κ1) is 11.0. The Labute approximate surface area is 67.8 Å². The smallest absolute Gasteiger partial charge is 0.223 e. The molecule has 0 aromatic heterocycles. The summed E-state index contributed by atoms with van der Waals surface area (Å²) < 4.78 is 19.3. The molecule has 3 nitrogen and oxygen atoms in total. The molecule has 0 aliphatic carbocycles. The van der Waals surface area contributed by atoms with Crippen LogP contribution in [0.3, 0.4) is 0 Å². The molecule has 0 saturated heterocycles. The maximum atomic E-state index is 9.65. The van der Waals surface area contributed by atoms with Crippen molar-refractivity contribution in [2.24, 2.45) is 5.14 Å². The van der Waals surface area contributed by atoms with Crippen LogP contribution in [-0.4, -0.2) is 13.6 Å². The molecule has 0 aliphatic heterocycles. The van der Waals surface area contributed by atoms with E-state index in [9.17, 15) is 8.42 Å². The average molecular weight is 330 g/mol. The Morgan fingerprint density at radius 1 is 1.57 bits per heavy atom. The molecule has 0 aliphatic rings. The topological polar surface area (TPSA) is 60.2 Å². The van der Waals surface area contributed by atoms with Gasteiger partial charge in [-0.25, -0.2) is 13.6 Å². The predicted molar refractivity (Wildman–Crippen MR) is 23.8 cm³/mol. The summed E-state index contributed by atoms with van der Waals surface area (Å²) in [6, 6.07) is 0. The molecule has 0 rings (SSSR count). The van der Waals surface area contributed by atoms with Gasteiger partial charge < -0.3 is 0 Å². The number of primary sulfonamides is 1. The minimum absolute atomic E-state index is 0. The largest absolute Gasteiger partial charge is 0.228 e. The summed E-state index contributed by atoms with van der Waals surface area (Å²) in [5.74, 6) is 0. The van der Waals surface area contributed by atoms with Gasteiger partial charge in [-0.2, -0.15) is 0 Å². The van der Waals surface area contributed by atoms with Gasteiger partial charge in [-0.05, 0) is 0 Å². The summed E-state index contributed by atoms with van der Waals surface area (Å²) in [5, 5.41) is 3.87. The van der Waals surface area contributed by atoms with Crippen LogP contribution < -0.4 is 5.14 Å². The fourth-order valence-corrected chi connectivity index (χ4v) is 0. The van der Waals surface area contributed by atoms with E-state index >= 15 is 0 Å². The molecule has 0 fully saturated rings. The van der Waals surface area contributed by atoms with E-state index in [4.69, 9.17) is 11.6 Å². The molecular formula is CH4ClHgNO2S. The summed E-state index contributed by atoms with van der Waals surface area (Å²) in [5.41, 5.74) is 0. The predicted octanol–water partition coefficient (Wildman–Crippen LogP) is -0.531. The first-order valence-electron chi connectivity index (χ1n) is 1.12. The van der Waals surface area contributed by atoms with Crippen LogP contribution in [0, 0.1) is 0 Å². The zero-order valence-corrected chi connectivity index (χ0v) is 10.7. The monoisotopic (exact) mass is 331 g/mol. The van der Waals surface area contributed by atoms with Crippen molar-refractivity contribution in [3.05, 3.63) is 0 Å². The zero-order valence-electron chi connectivity index (χ0n) is 3.59. The van der Waals surface area contributed by atoms with Crippen LogP contribution in [-0.2, 0) is 37.7 Å². The second-order valence-electron chi connectivity index (χ2n) is 0.772. The molecule has 0 aromatic carbocycles. The number of sulfonamides is 1. The Bertz CT molecular complexity index is 120. The summed E-state index contributed by atoms with van der Waals surface area (Å²) in [4.78, 5) is 0. The number of hydrogen-bond acceptors (Lipinski definition) is 2. The average Bonchev–Trinajstić information content (AvgIpc) is 1.35. The van der Waals surface area contributed by atoms with Crippen molar-refractivity contribution in [1.29, 1.82) is 0 Å². The van der Waals surface area contributed by atoms with Gasteiger partial charge in [0, 0.05) is 27.7 Å². The molecule has 0 bridgehead atoms. The Kier molecular flexibility index (Phi) is 6.38. The van der Waals surface area contributed by atoms with E-state index in [1.54, 1.807) is 0 Å². The van der Waals surface area contributed by atoms with Gasteiger partial charge in [0.15, 0.2) is 0 Å². The fourth-order valence-electron chi connectivity index (χ4n) is 0. The maximum Gasteiger partial charge on any atom is 0.223 e. The Balaban J connectivity index is 0. The van der Waals surface area contributed by atoms with Crippen LogP contribution in [0.1, 0.15) is 0 Å². The van der Waals surface area contributed by atoms with E-state index in [1.807, 2.05) is 0 Å². The fraction of sp³-hybridized carbons (Fsp3) is 1.00. The minimum Gasteiger partial charge on any atom is -0.228 e. The third-order valence-corrected chi connectivity index (χ3v) is 1.37. The SMILES string of the molecule is NS(=O)(=O)CCl.[Hg]. The number of alkyl halides is 1. The third-order valence-electron chi connectivity index (χ3n) is 0.152. The van der Waals surface area contributed by atoms with Crippen LogP contribution in [0.2, 0.25) is 0 Å². The van der Waals surface area contributed by atoms with Crippen LogP contribution in [0.5, 0.6) is 0 Å². The summed E-state index contributed by atoms with van der Waals surface area (Å²) in [6.45, 7) is 0. The summed E-state index contributed by atoms with van der Waals surface area (Å²) >= 11 is 4.76. The number of hydrogen-bond donors (Lipinski definition) is 1. The van der Waals surface area contributed by atoms with Crippen LogP contribution in [0.4, 0.5) is 0 Å². The standard InChI is InChI=1S/CH4ClNO2S.Hg/c2-1-6(3,4)5;/h1H2,(H2,3,4,5);. The molecule has 0 saturated carbocycles. The molecule has 0 unspecified atom stereocenters. The molecule has 0 aromatic rings. The van der Waals surface area contributed by atoms with Crippen molar-refractivity contribution in [3.8, 4) is 0 Å². The van der Waals surface area contributed by atoms with Crippen LogP contribution >= 0.6 is 11.6 Å². The van der Waals surface area contributed by atoms with Gasteiger partial charge in [0.2, 0.25) is 10.0 Å². The Morgan fingerprint density at radius 2 is 1.71 bits per heavy atom. The molecule has 6 heteroatoms. The van der Waals surface area contributed by atoms with E-state index in [2.05, 4.69) is 5.14 Å². The van der Waals surface area contributed by atoms with Crippen molar-refractivity contribution >= 4 is 21.6 Å². The van der Waals surface area contributed by atoms with Crippen LogP contribution in [0.25, 0.3) is 0 Å². The second-order valence-corrected chi connectivity index (χ2v) is 2.97. The van der Waals surface area contributed by atoms with Gasteiger partial charge in [0.25, 0.3) is 0 Å². The molecule has 7 heavy (non-hydrogen) atoms. The van der Waals surface area contributed by atoms with Gasteiger partial charge in [-0.1, -0.05) is 0 Å². The van der Waals surface area contributed by atoms with E-state index < -0.39 is 15.2 Å². The van der Waals surface area contributed by atoms with Gasteiger partial charge in [-0.3, -0.25) is 0 Å². The first-order chi connectivity index (χ1) is 2.56. The summed E-state index contributed by atoms with van der Waals surface area (Å²) in [7, 11) is -3.40.